The number of pyridine rings is 1. The van der Waals surface area contributed by atoms with Crippen molar-refractivity contribution in [1.82, 2.24) is 15.2 Å². The lowest BCUT2D eigenvalue weighted by Crippen LogP contribution is -2.29. The molecule has 2 aromatic heterocycles. The average molecular weight is 545 g/mol. The third kappa shape index (κ3) is 5.32. The molecule has 1 fully saturated rings. The summed E-state index contributed by atoms with van der Waals surface area (Å²) < 4.78 is 6.37. The van der Waals surface area contributed by atoms with Crippen molar-refractivity contribution < 1.29 is 19.4 Å². The molecule has 1 N–H and O–H groups in total. The van der Waals surface area contributed by atoms with Gasteiger partial charge in [0, 0.05) is 23.7 Å². The van der Waals surface area contributed by atoms with E-state index in [9.17, 15) is 14.7 Å². The van der Waals surface area contributed by atoms with E-state index in [1.807, 2.05) is 37.3 Å². The van der Waals surface area contributed by atoms with E-state index in [0.717, 1.165) is 12.0 Å². The highest BCUT2D eigenvalue weighted by molar-refractivity contribution is 8.00. The highest BCUT2D eigenvalue weighted by Gasteiger charge is 2.48. The molecule has 1 saturated heterocycles. The summed E-state index contributed by atoms with van der Waals surface area (Å²) in [5.74, 6) is -0.458. The van der Waals surface area contributed by atoms with Crippen LogP contribution in [0, 0.1) is 0 Å². The van der Waals surface area contributed by atoms with Gasteiger partial charge in [-0.05, 0) is 41.8 Å². The fourth-order valence-corrected chi connectivity index (χ4v) is 5.88. The summed E-state index contributed by atoms with van der Waals surface area (Å²) in [5, 5.41) is 20.0. The number of ether oxygens (including phenoxy) is 1. The van der Waals surface area contributed by atoms with Gasteiger partial charge in [0.05, 0.1) is 18.2 Å². The highest BCUT2D eigenvalue weighted by atomic mass is 32.2. The average Bonchev–Trinajstić information content (AvgIpc) is 3.53. The van der Waals surface area contributed by atoms with Gasteiger partial charge in [-0.3, -0.25) is 19.5 Å². The largest absolute Gasteiger partial charge is 0.507 e. The van der Waals surface area contributed by atoms with E-state index in [0.29, 0.717) is 33.6 Å². The number of nitrogens with zero attached hydrogens (tertiary/aromatic N) is 4. The quantitative estimate of drug-likeness (QED) is 0.0949. The number of anilines is 1. The van der Waals surface area contributed by atoms with Crippen LogP contribution in [0.4, 0.5) is 5.13 Å². The van der Waals surface area contributed by atoms with Crippen LogP contribution in [0.25, 0.3) is 5.76 Å². The Labute approximate surface area is 228 Å². The first-order valence-corrected chi connectivity index (χ1v) is 13.8. The second-order valence-corrected chi connectivity index (χ2v) is 10.6. The summed E-state index contributed by atoms with van der Waals surface area (Å²) in [6.07, 6.45) is 3.90. The smallest absolute Gasteiger partial charge is 0.301 e. The van der Waals surface area contributed by atoms with E-state index >= 15 is 0 Å². The summed E-state index contributed by atoms with van der Waals surface area (Å²) in [7, 11) is 0. The molecule has 4 aromatic rings. The Morgan fingerprint density at radius 3 is 2.47 bits per heavy atom. The molecule has 0 aliphatic carbocycles. The maximum absolute atomic E-state index is 13.4. The molecule has 8 nitrogen and oxygen atoms in total. The normalized spacial score (nSPS) is 16.7. The van der Waals surface area contributed by atoms with Gasteiger partial charge in [-0.25, -0.2) is 0 Å². The van der Waals surface area contributed by atoms with Crippen LogP contribution in [-0.2, 0) is 15.3 Å². The second kappa shape index (κ2) is 11.6. The first-order chi connectivity index (χ1) is 18.6. The minimum absolute atomic E-state index is 0.0166. The van der Waals surface area contributed by atoms with E-state index in [2.05, 4.69) is 15.2 Å². The number of hydrogen-bond acceptors (Lipinski definition) is 9. The van der Waals surface area contributed by atoms with E-state index in [-0.39, 0.29) is 16.5 Å². The number of aliphatic hydroxyl groups excluding tert-OH is 1. The number of carbonyl (C=O) groups excluding carboxylic acids is 2. The maximum Gasteiger partial charge on any atom is 0.301 e. The van der Waals surface area contributed by atoms with Crippen molar-refractivity contribution in [2.24, 2.45) is 0 Å². The molecule has 1 unspecified atom stereocenters. The molecule has 192 valence electrons. The molecule has 0 saturated carbocycles. The van der Waals surface area contributed by atoms with Crippen LogP contribution in [0.5, 0.6) is 5.75 Å². The molecule has 0 radical (unpaired) electrons. The molecule has 1 amide bonds. The summed E-state index contributed by atoms with van der Waals surface area (Å²) in [6.45, 7) is 2.60. The first kappa shape index (κ1) is 25.6. The molecule has 38 heavy (non-hydrogen) atoms. The summed E-state index contributed by atoms with van der Waals surface area (Å²) in [5.41, 5.74) is 2.15. The lowest BCUT2D eigenvalue weighted by molar-refractivity contribution is -0.132. The standard InChI is InChI=1S/C28H24N4O4S2/c1-2-16-36-21-10-8-19(9-11-21)23-22(24(33)20-12-14-29-15-13-20)25(34)26(35)32(23)27-30-31-28(38-27)37-17-18-6-4-3-5-7-18/h3-15,23,33H,2,16-17H2,1H3. The molecule has 10 heteroatoms. The molecule has 1 aliphatic heterocycles. The van der Waals surface area contributed by atoms with Crippen molar-refractivity contribution >= 4 is 45.7 Å². The maximum atomic E-state index is 13.4. The summed E-state index contributed by atoms with van der Waals surface area (Å²) >= 11 is 2.73. The number of thioether (sulfide) groups is 1. The fourth-order valence-electron chi connectivity index (χ4n) is 4.05. The van der Waals surface area contributed by atoms with Gasteiger partial charge < -0.3 is 9.84 Å². The summed E-state index contributed by atoms with van der Waals surface area (Å²) in [4.78, 5) is 32.0. The molecule has 2 aromatic carbocycles. The van der Waals surface area contributed by atoms with Gasteiger partial charge in [0.15, 0.2) is 4.34 Å². The van der Waals surface area contributed by atoms with Crippen molar-refractivity contribution in [2.45, 2.75) is 29.5 Å². The van der Waals surface area contributed by atoms with Gasteiger partial charge in [0.1, 0.15) is 11.5 Å². The number of aromatic nitrogens is 3. The zero-order valence-corrected chi connectivity index (χ0v) is 22.1. The molecule has 5 rings (SSSR count). The number of ketones is 1. The van der Waals surface area contributed by atoms with Crippen molar-refractivity contribution in [3.8, 4) is 5.75 Å². The monoisotopic (exact) mass is 544 g/mol. The first-order valence-electron chi connectivity index (χ1n) is 12.0. The van der Waals surface area contributed by atoms with Gasteiger partial charge in [0.2, 0.25) is 5.13 Å². The third-order valence-corrected chi connectivity index (χ3v) is 8.00. The van der Waals surface area contributed by atoms with Crippen LogP contribution in [0.3, 0.4) is 0 Å². The van der Waals surface area contributed by atoms with Gasteiger partial charge in [0.25, 0.3) is 5.78 Å². The molecular formula is C28H24N4O4S2. The van der Waals surface area contributed by atoms with Crippen molar-refractivity contribution in [1.29, 1.82) is 0 Å². The van der Waals surface area contributed by atoms with Crippen LogP contribution in [0.15, 0.2) is 89.0 Å². The Morgan fingerprint density at radius 2 is 1.76 bits per heavy atom. The number of amides is 1. The highest BCUT2D eigenvalue weighted by Crippen LogP contribution is 2.44. The molecular weight excluding hydrogens is 520 g/mol. The topological polar surface area (TPSA) is 106 Å². The zero-order valence-electron chi connectivity index (χ0n) is 20.5. The SMILES string of the molecule is CCCOc1ccc(C2C(=C(O)c3ccncc3)C(=O)C(=O)N2c2nnc(SCc3ccccc3)s2)cc1. The van der Waals surface area contributed by atoms with Crippen molar-refractivity contribution in [3.05, 3.63) is 101 Å². The lowest BCUT2D eigenvalue weighted by Gasteiger charge is -2.22. The summed E-state index contributed by atoms with van der Waals surface area (Å²) in [6, 6.07) is 19.4. The molecule has 1 aliphatic rings. The predicted molar refractivity (Wildman–Crippen MR) is 147 cm³/mol. The van der Waals surface area contributed by atoms with Crippen molar-refractivity contribution in [3.63, 3.8) is 0 Å². The minimum atomic E-state index is -0.886. The fraction of sp³-hybridized carbons (Fsp3) is 0.179. The van der Waals surface area contributed by atoms with Crippen LogP contribution in [-0.4, -0.2) is 38.6 Å². The Bertz CT molecular complexity index is 1460. The Hall–Kier alpha value is -4.02. The minimum Gasteiger partial charge on any atom is -0.507 e. The number of aliphatic hydroxyl groups is 1. The molecule has 0 bridgehead atoms. The predicted octanol–water partition coefficient (Wildman–Crippen LogP) is 5.64. The Balaban J connectivity index is 1.52. The molecule has 1 atom stereocenters. The third-order valence-electron chi connectivity index (χ3n) is 5.87. The number of hydrogen-bond donors (Lipinski definition) is 1. The zero-order chi connectivity index (χ0) is 26.5. The van der Waals surface area contributed by atoms with Crippen molar-refractivity contribution in [2.75, 3.05) is 11.5 Å². The second-order valence-electron chi connectivity index (χ2n) is 8.45. The molecule has 0 spiro atoms. The lowest BCUT2D eigenvalue weighted by atomic mass is 9.95. The van der Waals surface area contributed by atoms with E-state index in [1.165, 1.54) is 40.4 Å². The number of rotatable bonds is 9. The van der Waals surface area contributed by atoms with Crippen LogP contribution < -0.4 is 9.64 Å². The number of benzene rings is 2. The Kier molecular flexibility index (Phi) is 7.81. The number of carbonyl (C=O) groups is 2. The van der Waals surface area contributed by atoms with E-state index in [1.54, 1.807) is 36.4 Å². The van der Waals surface area contributed by atoms with Gasteiger partial charge >= 0.3 is 5.91 Å². The van der Waals surface area contributed by atoms with Crippen LogP contribution >= 0.6 is 23.1 Å². The van der Waals surface area contributed by atoms with Gasteiger partial charge in [-0.2, -0.15) is 0 Å². The molecule has 3 heterocycles. The van der Waals surface area contributed by atoms with Gasteiger partial charge in [-0.1, -0.05) is 72.5 Å². The van der Waals surface area contributed by atoms with Crippen LogP contribution in [0.1, 0.15) is 36.1 Å². The number of Topliss-reactive ketones (excluding diaryl/α,β-unsaturated/α-hetero) is 1. The van der Waals surface area contributed by atoms with Crippen LogP contribution in [0.2, 0.25) is 0 Å². The van der Waals surface area contributed by atoms with E-state index in [4.69, 9.17) is 4.74 Å². The van der Waals surface area contributed by atoms with E-state index < -0.39 is 17.7 Å². The van der Waals surface area contributed by atoms with Gasteiger partial charge in [-0.15, -0.1) is 10.2 Å². The Morgan fingerprint density at radius 1 is 1.03 bits per heavy atom.